The van der Waals surface area contributed by atoms with E-state index in [2.05, 4.69) is 29.2 Å². The van der Waals surface area contributed by atoms with Crippen LogP contribution < -0.4 is 0 Å². The summed E-state index contributed by atoms with van der Waals surface area (Å²) >= 11 is 12.5. The minimum absolute atomic E-state index is 0.419. The van der Waals surface area contributed by atoms with Gasteiger partial charge in [0, 0.05) is 10.8 Å². The third-order valence-corrected chi connectivity index (χ3v) is 4.10. The van der Waals surface area contributed by atoms with Crippen molar-refractivity contribution in [2.24, 2.45) is 0 Å². The quantitative estimate of drug-likeness (QED) is 0.293. The second-order valence-electron chi connectivity index (χ2n) is 4.74. The molecule has 20 heavy (non-hydrogen) atoms. The van der Waals surface area contributed by atoms with E-state index in [4.69, 9.17) is 23.2 Å². The molecule has 3 aromatic carbocycles. The molecule has 0 aliphatic carbocycles. The van der Waals surface area contributed by atoms with Crippen LogP contribution in [0.2, 0.25) is 10.2 Å². The monoisotopic (exact) mass is 297 g/mol. The molecule has 4 aromatic rings. The fourth-order valence-corrected chi connectivity index (χ4v) is 3.34. The van der Waals surface area contributed by atoms with Gasteiger partial charge in [0.05, 0.1) is 10.5 Å². The Bertz CT molecular complexity index is 977. The van der Waals surface area contributed by atoms with Crippen LogP contribution in [0.5, 0.6) is 0 Å². The van der Waals surface area contributed by atoms with Crippen molar-refractivity contribution < 1.29 is 0 Å². The number of rotatable bonds is 0. The minimum atomic E-state index is 0.419. The molecule has 4 rings (SSSR count). The van der Waals surface area contributed by atoms with E-state index < -0.39 is 0 Å². The summed E-state index contributed by atoms with van der Waals surface area (Å²) in [5, 5.41) is 6.55. The highest BCUT2D eigenvalue weighted by Gasteiger charge is 2.12. The van der Waals surface area contributed by atoms with Crippen molar-refractivity contribution in [2.45, 2.75) is 0 Å². The first-order chi connectivity index (χ1) is 9.75. The van der Waals surface area contributed by atoms with Gasteiger partial charge >= 0.3 is 0 Å². The SMILES string of the molecule is Clc1cc(Cl)c2c3ccccc3c3ccccc3c2n1. The van der Waals surface area contributed by atoms with E-state index in [9.17, 15) is 0 Å². The topological polar surface area (TPSA) is 12.9 Å². The highest BCUT2D eigenvalue weighted by molar-refractivity contribution is 6.41. The molecule has 0 aliphatic heterocycles. The largest absolute Gasteiger partial charge is 0.235 e. The molecular formula is C17H9Cl2N. The Morgan fingerprint density at radius 1 is 0.700 bits per heavy atom. The maximum atomic E-state index is 6.42. The normalized spacial score (nSPS) is 11.5. The summed E-state index contributed by atoms with van der Waals surface area (Å²) in [6.07, 6.45) is 0. The molecule has 1 nitrogen and oxygen atoms in total. The van der Waals surface area contributed by atoms with Crippen molar-refractivity contribution in [3.63, 3.8) is 0 Å². The molecule has 0 fully saturated rings. The van der Waals surface area contributed by atoms with Gasteiger partial charge in [0.25, 0.3) is 0 Å². The first-order valence-corrected chi connectivity index (χ1v) is 7.06. The molecule has 0 aliphatic rings. The van der Waals surface area contributed by atoms with E-state index in [0.717, 1.165) is 21.7 Å². The lowest BCUT2D eigenvalue weighted by Crippen LogP contribution is -1.87. The highest BCUT2D eigenvalue weighted by Crippen LogP contribution is 2.38. The number of benzene rings is 3. The molecule has 0 amide bonds. The minimum Gasteiger partial charge on any atom is -0.235 e. The average molecular weight is 298 g/mol. The third-order valence-electron chi connectivity index (χ3n) is 3.61. The van der Waals surface area contributed by atoms with Gasteiger partial charge < -0.3 is 0 Å². The zero-order valence-corrected chi connectivity index (χ0v) is 11.9. The van der Waals surface area contributed by atoms with Gasteiger partial charge in [-0.15, -0.1) is 0 Å². The van der Waals surface area contributed by atoms with E-state index >= 15 is 0 Å². The van der Waals surface area contributed by atoms with Crippen molar-refractivity contribution in [1.82, 2.24) is 4.98 Å². The fourth-order valence-electron chi connectivity index (χ4n) is 2.80. The second-order valence-corrected chi connectivity index (χ2v) is 5.54. The fraction of sp³-hybridized carbons (Fsp3) is 0. The standard InChI is InChI=1S/C17H9Cl2N/c18-14-9-15(19)20-17-13-8-4-2-6-11(13)10-5-1-3-7-12(10)16(14)17/h1-9H. The zero-order chi connectivity index (χ0) is 13.7. The van der Waals surface area contributed by atoms with Crippen LogP contribution in [-0.2, 0) is 0 Å². The van der Waals surface area contributed by atoms with Gasteiger partial charge in [-0.3, -0.25) is 0 Å². The number of halogens is 2. The Balaban J connectivity index is 2.46. The number of nitrogens with zero attached hydrogens (tertiary/aromatic N) is 1. The van der Waals surface area contributed by atoms with Crippen molar-refractivity contribution in [1.29, 1.82) is 0 Å². The molecular weight excluding hydrogens is 289 g/mol. The molecule has 1 aromatic heterocycles. The molecule has 0 atom stereocenters. The maximum Gasteiger partial charge on any atom is 0.131 e. The van der Waals surface area contributed by atoms with Gasteiger partial charge in [0.1, 0.15) is 5.15 Å². The lowest BCUT2D eigenvalue weighted by molar-refractivity contribution is 1.43. The summed E-state index contributed by atoms with van der Waals surface area (Å²) in [4.78, 5) is 4.50. The smallest absolute Gasteiger partial charge is 0.131 e. The van der Waals surface area contributed by atoms with Crippen LogP contribution in [0, 0.1) is 0 Å². The predicted molar refractivity (Wildman–Crippen MR) is 86.8 cm³/mol. The summed E-state index contributed by atoms with van der Waals surface area (Å²) in [5.41, 5.74) is 0.858. The second kappa shape index (κ2) is 4.34. The number of hydrogen-bond donors (Lipinski definition) is 0. The van der Waals surface area contributed by atoms with Gasteiger partial charge in [-0.25, -0.2) is 4.98 Å². The lowest BCUT2D eigenvalue weighted by Gasteiger charge is -2.10. The Morgan fingerprint density at radius 2 is 1.25 bits per heavy atom. The molecule has 0 saturated carbocycles. The number of pyridine rings is 1. The number of hydrogen-bond acceptors (Lipinski definition) is 1. The Morgan fingerprint density at radius 3 is 1.95 bits per heavy atom. The Hall–Kier alpha value is -1.83. The van der Waals surface area contributed by atoms with Crippen molar-refractivity contribution in [3.05, 3.63) is 64.8 Å². The van der Waals surface area contributed by atoms with Crippen LogP contribution in [0.25, 0.3) is 32.4 Å². The Labute approximate surface area is 125 Å². The molecule has 96 valence electrons. The molecule has 3 heteroatoms. The van der Waals surface area contributed by atoms with Crippen LogP contribution in [-0.4, -0.2) is 4.98 Å². The lowest BCUT2D eigenvalue weighted by atomic mass is 9.97. The summed E-state index contributed by atoms with van der Waals surface area (Å²) < 4.78 is 0. The van der Waals surface area contributed by atoms with Crippen LogP contribution in [0.3, 0.4) is 0 Å². The summed E-state index contributed by atoms with van der Waals surface area (Å²) in [7, 11) is 0. The number of fused-ring (bicyclic) bond motifs is 6. The van der Waals surface area contributed by atoms with Crippen LogP contribution >= 0.6 is 23.2 Å². The number of aromatic nitrogens is 1. The van der Waals surface area contributed by atoms with Gasteiger partial charge in [-0.1, -0.05) is 71.7 Å². The van der Waals surface area contributed by atoms with Gasteiger partial charge in [0.2, 0.25) is 0 Å². The molecule has 0 N–H and O–H groups in total. The average Bonchev–Trinajstić information content (AvgIpc) is 2.47. The maximum absolute atomic E-state index is 6.42. The van der Waals surface area contributed by atoms with Crippen molar-refractivity contribution in [3.8, 4) is 0 Å². The van der Waals surface area contributed by atoms with Gasteiger partial charge in [-0.05, 0) is 22.2 Å². The molecule has 0 unspecified atom stereocenters. The molecule has 0 radical (unpaired) electrons. The van der Waals surface area contributed by atoms with Crippen molar-refractivity contribution in [2.75, 3.05) is 0 Å². The molecule has 0 spiro atoms. The van der Waals surface area contributed by atoms with E-state index in [-0.39, 0.29) is 0 Å². The predicted octanol–water partition coefficient (Wildman–Crippen LogP) is 5.85. The van der Waals surface area contributed by atoms with Crippen LogP contribution in [0.15, 0.2) is 54.6 Å². The van der Waals surface area contributed by atoms with E-state index in [1.54, 1.807) is 6.07 Å². The van der Waals surface area contributed by atoms with E-state index in [1.165, 1.54) is 10.8 Å². The van der Waals surface area contributed by atoms with Gasteiger partial charge in [-0.2, -0.15) is 0 Å². The molecule has 0 bridgehead atoms. The zero-order valence-electron chi connectivity index (χ0n) is 10.4. The summed E-state index contributed by atoms with van der Waals surface area (Å²) in [6.45, 7) is 0. The summed E-state index contributed by atoms with van der Waals surface area (Å²) in [6, 6.07) is 18.1. The van der Waals surface area contributed by atoms with E-state index in [0.29, 0.717) is 10.2 Å². The van der Waals surface area contributed by atoms with Crippen LogP contribution in [0.1, 0.15) is 0 Å². The van der Waals surface area contributed by atoms with Crippen LogP contribution in [0.4, 0.5) is 0 Å². The van der Waals surface area contributed by atoms with Crippen molar-refractivity contribution >= 4 is 55.6 Å². The molecule has 1 heterocycles. The first-order valence-electron chi connectivity index (χ1n) is 6.31. The van der Waals surface area contributed by atoms with Gasteiger partial charge in [0.15, 0.2) is 0 Å². The molecule has 0 saturated heterocycles. The third kappa shape index (κ3) is 1.60. The highest BCUT2D eigenvalue weighted by atomic mass is 35.5. The Kier molecular flexibility index (Phi) is 2.59. The summed E-state index contributed by atoms with van der Waals surface area (Å²) in [5.74, 6) is 0. The first kappa shape index (κ1) is 12.0. The van der Waals surface area contributed by atoms with E-state index in [1.807, 2.05) is 24.3 Å².